The zero-order valence-electron chi connectivity index (χ0n) is 21.8. The van der Waals surface area contributed by atoms with Gasteiger partial charge in [0.15, 0.2) is 45.5 Å². The van der Waals surface area contributed by atoms with E-state index in [-0.39, 0.29) is 40.4 Å². The highest BCUT2D eigenvalue weighted by Crippen LogP contribution is 2.38. The van der Waals surface area contributed by atoms with Crippen LogP contribution in [0.5, 0.6) is 28.7 Å². The number of ether oxygens (including phenoxy) is 10. The molecule has 0 bridgehead atoms. The summed E-state index contributed by atoms with van der Waals surface area (Å²) < 4.78 is 53.0. The molecule has 2 rings (SSSR count). The summed E-state index contributed by atoms with van der Waals surface area (Å²) in [5.41, 5.74) is 0.864. The molecule has 0 heterocycles. The van der Waals surface area contributed by atoms with Gasteiger partial charge >= 0.3 is 0 Å². The van der Waals surface area contributed by atoms with Gasteiger partial charge in [-0.3, -0.25) is 0 Å². The number of benzene rings is 2. The minimum Gasteiger partial charge on any atom is -0.467 e. The molecule has 0 saturated carbocycles. The van der Waals surface area contributed by atoms with Crippen molar-refractivity contribution < 1.29 is 57.6 Å². The fourth-order valence-electron chi connectivity index (χ4n) is 3.24. The lowest BCUT2D eigenvalue weighted by Gasteiger charge is -2.23. The topological polar surface area (TPSA) is 133 Å². The standard InChI is InChI=1S/C25H36O12/c1-28-12-33-18-9-22(35-14-30-3)19(23(10-18)36-15-31-4)11-20(26)25(27)17-6-7-21(34-13-29-2)24(8-17)37-16-32-5/h6-10,20,25-27H,11-16H2,1-5H3/t20-,25-/m0/s1. The van der Waals surface area contributed by atoms with Crippen molar-refractivity contribution in [3.05, 3.63) is 41.5 Å². The van der Waals surface area contributed by atoms with Gasteiger partial charge < -0.3 is 57.6 Å². The fraction of sp³-hybridized carbons (Fsp3) is 0.520. The molecule has 0 radical (unpaired) electrons. The average molecular weight is 529 g/mol. The molecular weight excluding hydrogens is 492 g/mol. The molecule has 2 N–H and O–H groups in total. The van der Waals surface area contributed by atoms with Crippen LogP contribution in [0.3, 0.4) is 0 Å². The summed E-state index contributed by atoms with van der Waals surface area (Å²) in [7, 11) is 7.44. The van der Waals surface area contributed by atoms with Crippen LogP contribution in [0.1, 0.15) is 17.2 Å². The Morgan fingerprint density at radius 2 is 1.03 bits per heavy atom. The number of aliphatic hydroxyl groups excluding tert-OH is 2. The first-order valence-electron chi connectivity index (χ1n) is 11.2. The highest BCUT2D eigenvalue weighted by atomic mass is 16.7. The summed E-state index contributed by atoms with van der Waals surface area (Å²) in [6, 6.07) is 8.02. The summed E-state index contributed by atoms with van der Waals surface area (Å²) in [5.74, 6) is 1.78. The number of rotatable bonds is 19. The SMILES string of the molecule is COCOc1cc(OCOC)c(C[C@H](O)[C@@H](O)c2ccc(OCOC)c(OCOC)c2)c(OCOC)c1. The van der Waals surface area contributed by atoms with Crippen LogP contribution < -0.4 is 23.7 Å². The van der Waals surface area contributed by atoms with Crippen LogP contribution in [0.2, 0.25) is 0 Å². The summed E-state index contributed by atoms with van der Waals surface area (Å²) in [6.45, 7) is -0.153. The maximum Gasteiger partial charge on any atom is 0.188 e. The largest absolute Gasteiger partial charge is 0.467 e. The molecule has 37 heavy (non-hydrogen) atoms. The third kappa shape index (κ3) is 9.52. The van der Waals surface area contributed by atoms with E-state index in [0.29, 0.717) is 39.9 Å². The van der Waals surface area contributed by atoms with E-state index in [1.807, 2.05) is 0 Å². The van der Waals surface area contributed by atoms with E-state index >= 15 is 0 Å². The van der Waals surface area contributed by atoms with Gasteiger partial charge in [0, 0.05) is 59.7 Å². The van der Waals surface area contributed by atoms with Gasteiger partial charge in [-0.25, -0.2) is 0 Å². The lowest BCUT2D eigenvalue weighted by molar-refractivity contribution is 0.0135. The predicted octanol–water partition coefficient (Wildman–Crippen LogP) is 2.24. The first-order chi connectivity index (χ1) is 18.0. The Morgan fingerprint density at radius 3 is 1.54 bits per heavy atom. The Balaban J connectivity index is 2.35. The molecule has 12 heteroatoms. The van der Waals surface area contributed by atoms with Gasteiger partial charge in [0.25, 0.3) is 0 Å². The average Bonchev–Trinajstić information content (AvgIpc) is 2.92. The van der Waals surface area contributed by atoms with Gasteiger partial charge in [0.1, 0.15) is 23.4 Å². The fourth-order valence-corrected chi connectivity index (χ4v) is 3.24. The molecule has 0 aliphatic heterocycles. The van der Waals surface area contributed by atoms with E-state index in [0.717, 1.165) is 0 Å². The second-order valence-corrected chi connectivity index (χ2v) is 7.57. The van der Waals surface area contributed by atoms with Crippen molar-refractivity contribution in [3.63, 3.8) is 0 Å². The number of hydrogen-bond acceptors (Lipinski definition) is 12. The normalized spacial score (nSPS) is 12.6. The van der Waals surface area contributed by atoms with E-state index in [4.69, 9.17) is 47.4 Å². The highest BCUT2D eigenvalue weighted by molar-refractivity contribution is 5.51. The molecule has 0 aliphatic carbocycles. The van der Waals surface area contributed by atoms with E-state index in [1.54, 1.807) is 30.3 Å². The molecular formula is C25H36O12. The van der Waals surface area contributed by atoms with Gasteiger partial charge in [-0.15, -0.1) is 0 Å². The molecule has 12 nitrogen and oxygen atoms in total. The molecule has 0 spiro atoms. The second kappa shape index (κ2) is 16.8. The van der Waals surface area contributed by atoms with Gasteiger partial charge in [0.05, 0.1) is 6.10 Å². The zero-order chi connectivity index (χ0) is 27.0. The molecule has 0 saturated heterocycles. The molecule has 0 amide bonds. The maximum absolute atomic E-state index is 11.0. The first-order valence-corrected chi connectivity index (χ1v) is 11.2. The lowest BCUT2D eigenvalue weighted by atomic mass is 9.97. The Kier molecular flexibility index (Phi) is 13.8. The summed E-state index contributed by atoms with van der Waals surface area (Å²) in [5, 5.41) is 22.0. The van der Waals surface area contributed by atoms with Crippen LogP contribution in [0.25, 0.3) is 0 Å². The van der Waals surface area contributed by atoms with Crippen molar-refractivity contribution in [1.82, 2.24) is 0 Å². The Morgan fingerprint density at radius 1 is 0.568 bits per heavy atom. The van der Waals surface area contributed by atoms with Crippen LogP contribution in [0.15, 0.2) is 30.3 Å². The third-order valence-electron chi connectivity index (χ3n) is 4.90. The molecule has 0 aromatic heterocycles. The predicted molar refractivity (Wildman–Crippen MR) is 130 cm³/mol. The van der Waals surface area contributed by atoms with E-state index in [2.05, 4.69) is 0 Å². The molecule has 208 valence electrons. The van der Waals surface area contributed by atoms with Gasteiger partial charge in [0.2, 0.25) is 0 Å². The van der Waals surface area contributed by atoms with Gasteiger partial charge in [-0.05, 0) is 17.7 Å². The number of hydrogen-bond donors (Lipinski definition) is 2. The van der Waals surface area contributed by atoms with Crippen LogP contribution >= 0.6 is 0 Å². The monoisotopic (exact) mass is 528 g/mol. The minimum atomic E-state index is -1.30. The van der Waals surface area contributed by atoms with Crippen LogP contribution in [0.4, 0.5) is 0 Å². The molecule has 0 fully saturated rings. The minimum absolute atomic E-state index is 0.00564. The van der Waals surface area contributed by atoms with E-state index in [9.17, 15) is 10.2 Å². The van der Waals surface area contributed by atoms with Crippen molar-refractivity contribution in [1.29, 1.82) is 0 Å². The third-order valence-corrected chi connectivity index (χ3v) is 4.90. The summed E-state index contributed by atoms with van der Waals surface area (Å²) >= 11 is 0. The van der Waals surface area contributed by atoms with Crippen LogP contribution in [-0.2, 0) is 30.1 Å². The highest BCUT2D eigenvalue weighted by Gasteiger charge is 2.25. The van der Waals surface area contributed by atoms with E-state index in [1.165, 1.54) is 35.5 Å². The van der Waals surface area contributed by atoms with Gasteiger partial charge in [-0.2, -0.15) is 0 Å². The number of methoxy groups -OCH3 is 5. The van der Waals surface area contributed by atoms with Crippen molar-refractivity contribution in [2.24, 2.45) is 0 Å². The quantitative estimate of drug-likeness (QED) is 0.259. The molecule has 0 aliphatic rings. The zero-order valence-corrected chi connectivity index (χ0v) is 21.8. The summed E-state index contributed by atoms with van der Waals surface area (Å²) in [4.78, 5) is 0. The molecule has 0 unspecified atom stereocenters. The van der Waals surface area contributed by atoms with Crippen LogP contribution in [-0.4, -0.2) is 85.8 Å². The van der Waals surface area contributed by atoms with Crippen molar-refractivity contribution in [3.8, 4) is 28.7 Å². The van der Waals surface area contributed by atoms with Crippen LogP contribution in [0, 0.1) is 0 Å². The molecule has 2 aromatic rings. The van der Waals surface area contributed by atoms with E-state index < -0.39 is 12.2 Å². The molecule has 2 aromatic carbocycles. The Bertz CT molecular complexity index is 894. The van der Waals surface area contributed by atoms with Crippen molar-refractivity contribution in [2.45, 2.75) is 18.6 Å². The Hall–Kier alpha value is -2.84. The maximum atomic E-state index is 11.0. The smallest absolute Gasteiger partial charge is 0.188 e. The van der Waals surface area contributed by atoms with Crippen molar-refractivity contribution in [2.75, 3.05) is 69.5 Å². The Labute approximate surface area is 216 Å². The van der Waals surface area contributed by atoms with Crippen molar-refractivity contribution >= 4 is 0 Å². The molecule has 2 atom stereocenters. The van der Waals surface area contributed by atoms with Gasteiger partial charge in [-0.1, -0.05) is 6.07 Å². The number of aliphatic hydroxyl groups is 2. The lowest BCUT2D eigenvalue weighted by Crippen LogP contribution is -2.22. The summed E-state index contributed by atoms with van der Waals surface area (Å²) in [6.07, 6.45) is -2.60. The first kappa shape index (κ1) is 30.4. The second-order valence-electron chi connectivity index (χ2n) is 7.57.